The van der Waals surface area contributed by atoms with Crippen LogP contribution in [-0.4, -0.2) is 47.4 Å². The lowest BCUT2D eigenvalue weighted by atomic mass is 10.1. The molecule has 4 rings (SSSR count). The van der Waals surface area contributed by atoms with Gasteiger partial charge in [-0.05, 0) is 19.4 Å². The van der Waals surface area contributed by atoms with Crippen molar-refractivity contribution in [3.8, 4) is 0 Å². The Morgan fingerprint density at radius 1 is 1.16 bits per heavy atom. The molecule has 138 valence electrons. The number of ether oxygens (including phenoxy) is 1. The summed E-state index contributed by atoms with van der Waals surface area (Å²) in [4.78, 5) is 6.72. The third-order valence-corrected chi connectivity index (χ3v) is 4.84. The van der Waals surface area contributed by atoms with E-state index in [1.54, 1.807) is 0 Å². The molecule has 2 aromatic rings. The minimum Gasteiger partial charge on any atom is -0.378 e. The van der Waals surface area contributed by atoms with Gasteiger partial charge in [0.2, 0.25) is 0 Å². The van der Waals surface area contributed by atoms with Crippen LogP contribution >= 0.6 is 11.6 Å². The Hall–Kier alpha value is -1.37. The number of nitrogens with one attached hydrogen (secondary N) is 1. The highest BCUT2D eigenvalue weighted by Gasteiger charge is 2.21. The predicted octanol–water partition coefficient (Wildman–Crippen LogP) is 3.45. The molecule has 0 spiro atoms. The van der Waals surface area contributed by atoms with Crippen molar-refractivity contribution in [1.29, 1.82) is 0 Å². The van der Waals surface area contributed by atoms with Crippen molar-refractivity contribution in [3.63, 3.8) is 0 Å². The van der Waals surface area contributed by atoms with Gasteiger partial charge in [-0.25, -0.2) is 4.98 Å². The molecule has 0 radical (unpaired) electrons. The van der Waals surface area contributed by atoms with Gasteiger partial charge in [-0.15, -0.1) is 0 Å². The van der Waals surface area contributed by atoms with E-state index in [9.17, 15) is 0 Å². The average Bonchev–Trinajstić information content (AvgIpc) is 2.89. The SMILES string of the molecule is CC.Clc1cc(N2CCOCC2)n2nc(C3CCCCCN3)cc2n1. The Balaban J connectivity index is 0.000000880. The Labute approximate surface area is 154 Å². The number of hydrogen-bond donors (Lipinski definition) is 1. The maximum absolute atomic E-state index is 6.24. The van der Waals surface area contributed by atoms with E-state index < -0.39 is 0 Å². The molecule has 2 saturated heterocycles. The third-order valence-electron chi connectivity index (χ3n) is 4.65. The van der Waals surface area contributed by atoms with Gasteiger partial charge in [0.05, 0.1) is 24.9 Å². The smallest absolute Gasteiger partial charge is 0.159 e. The molecule has 2 aliphatic rings. The number of fused-ring (bicyclic) bond motifs is 1. The van der Waals surface area contributed by atoms with Crippen LogP contribution in [0.5, 0.6) is 0 Å². The third kappa shape index (κ3) is 4.25. The van der Waals surface area contributed by atoms with E-state index in [0.29, 0.717) is 11.2 Å². The summed E-state index contributed by atoms with van der Waals surface area (Å²) in [5.74, 6) is 1.00. The van der Waals surface area contributed by atoms with E-state index >= 15 is 0 Å². The summed E-state index contributed by atoms with van der Waals surface area (Å²) >= 11 is 6.24. The quantitative estimate of drug-likeness (QED) is 0.826. The van der Waals surface area contributed by atoms with Crippen LogP contribution in [0.3, 0.4) is 0 Å². The van der Waals surface area contributed by atoms with Gasteiger partial charge in [0.1, 0.15) is 11.0 Å². The Morgan fingerprint density at radius 3 is 2.76 bits per heavy atom. The Bertz CT molecular complexity index is 675. The molecule has 0 bridgehead atoms. The maximum atomic E-state index is 6.24. The molecule has 0 aliphatic carbocycles. The van der Waals surface area contributed by atoms with Crippen LogP contribution < -0.4 is 10.2 Å². The monoisotopic (exact) mass is 365 g/mol. The summed E-state index contributed by atoms with van der Waals surface area (Å²) in [5.41, 5.74) is 1.89. The van der Waals surface area contributed by atoms with Crippen molar-refractivity contribution < 1.29 is 4.74 Å². The molecule has 1 atom stereocenters. The lowest BCUT2D eigenvalue weighted by molar-refractivity contribution is 0.122. The first-order valence-electron chi connectivity index (χ1n) is 9.43. The normalized spacial score (nSPS) is 21.6. The topological polar surface area (TPSA) is 54.7 Å². The fraction of sp³-hybridized carbons (Fsp3) is 0.667. The van der Waals surface area contributed by atoms with Crippen molar-refractivity contribution in [2.75, 3.05) is 37.7 Å². The number of nitrogens with zero attached hydrogens (tertiary/aromatic N) is 4. The second-order valence-corrected chi connectivity index (χ2v) is 6.62. The zero-order valence-electron chi connectivity index (χ0n) is 15.2. The lowest BCUT2D eigenvalue weighted by Crippen LogP contribution is -2.37. The van der Waals surface area contributed by atoms with E-state index in [2.05, 4.69) is 21.3 Å². The van der Waals surface area contributed by atoms with Crippen LogP contribution in [0.25, 0.3) is 5.65 Å². The Morgan fingerprint density at radius 2 is 1.96 bits per heavy atom. The first-order chi connectivity index (χ1) is 12.3. The molecule has 4 heterocycles. The van der Waals surface area contributed by atoms with Gasteiger partial charge in [0.25, 0.3) is 0 Å². The van der Waals surface area contributed by atoms with Crippen molar-refractivity contribution in [3.05, 3.63) is 23.0 Å². The van der Waals surface area contributed by atoms with E-state index in [0.717, 1.165) is 56.4 Å². The van der Waals surface area contributed by atoms with Crippen molar-refractivity contribution >= 4 is 23.1 Å². The first-order valence-corrected chi connectivity index (χ1v) is 9.81. The molecule has 2 aromatic heterocycles. The molecule has 2 aliphatic heterocycles. The van der Waals surface area contributed by atoms with Crippen molar-refractivity contribution in [2.45, 2.75) is 45.6 Å². The first kappa shape index (κ1) is 18.4. The highest BCUT2D eigenvalue weighted by atomic mass is 35.5. The van der Waals surface area contributed by atoms with Gasteiger partial charge < -0.3 is 15.0 Å². The van der Waals surface area contributed by atoms with Gasteiger partial charge >= 0.3 is 0 Å². The number of hydrogen-bond acceptors (Lipinski definition) is 5. The van der Waals surface area contributed by atoms with E-state index in [4.69, 9.17) is 21.4 Å². The minimum absolute atomic E-state index is 0.315. The second-order valence-electron chi connectivity index (χ2n) is 6.23. The van der Waals surface area contributed by atoms with Crippen LogP contribution in [0.2, 0.25) is 5.15 Å². The number of anilines is 1. The fourth-order valence-corrected chi connectivity index (χ4v) is 3.60. The molecule has 7 heteroatoms. The van der Waals surface area contributed by atoms with Crippen LogP contribution in [0.4, 0.5) is 5.82 Å². The summed E-state index contributed by atoms with van der Waals surface area (Å²) in [6.45, 7) is 8.24. The number of rotatable bonds is 2. The van der Waals surface area contributed by atoms with Crippen LogP contribution in [0, 0.1) is 0 Å². The van der Waals surface area contributed by atoms with Gasteiger partial charge in [0, 0.05) is 25.2 Å². The van der Waals surface area contributed by atoms with E-state index in [1.807, 2.05) is 24.4 Å². The van der Waals surface area contributed by atoms with Gasteiger partial charge in [0.15, 0.2) is 5.65 Å². The molecular weight excluding hydrogens is 338 g/mol. The molecule has 0 saturated carbocycles. The number of halogens is 1. The van der Waals surface area contributed by atoms with Crippen LogP contribution in [-0.2, 0) is 4.74 Å². The molecular formula is C18H28ClN5O. The molecule has 25 heavy (non-hydrogen) atoms. The fourth-order valence-electron chi connectivity index (χ4n) is 3.42. The van der Waals surface area contributed by atoms with Gasteiger partial charge in [-0.3, -0.25) is 0 Å². The van der Waals surface area contributed by atoms with Crippen LogP contribution in [0.15, 0.2) is 12.1 Å². The summed E-state index contributed by atoms with van der Waals surface area (Å²) < 4.78 is 7.38. The molecule has 0 amide bonds. The predicted molar refractivity (Wildman–Crippen MR) is 102 cm³/mol. The largest absolute Gasteiger partial charge is 0.378 e. The maximum Gasteiger partial charge on any atom is 0.159 e. The zero-order valence-corrected chi connectivity index (χ0v) is 15.9. The molecule has 2 fully saturated rings. The zero-order chi connectivity index (χ0) is 17.6. The molecule has 1 unspecified atom stereocenters. The van der Waals surface area contributed by atoms with Crippen LogP contribution in [0.1, 0.15) is 51.3 Å². The average molecular weight is 366 g/mol. The molecule has 0 aromatic carbocycles. The summed E-state index contributed by atoms with van der Waals surface area (Å²) in [6, 6.07) is 4.28. The lowest BCUT2D eigenvalue weighted by Gasteiger charge is -2.28. The van der Waals surface area contributed by atoms with E-state index in [-0.39, 0.29) is 0 Å². The standard InChI is InChI=1S/C16H22ClN5O.C2H6/c17-14-11-16(21-6-8-23-9-7-21)22-15(19-14)10-13(20-22)12-4-2-1-3-5-18-12;1-2/h10-12,18H,1-9H2;1-2H3. The number of aromatic nitrogens is 3. The second kappa shape index (κ2) is 8.83. The minimum atomic E-state index is 0.315. The molecule has 6 nitrogen and oxygen atoms in total. The van der Waals surface area contributed by atoms with Crippen molar-refractivity contribution in [1.82, 2.24) is 19.9 Å². The highest BCUT2D eigenvalue weighted by molar-refractivity contribution is 6.29. The summed E-state index contributed by atoms with van der Waals surface area (Å²) in [7, 11) is 0. The van der Waals surface area contributed by atoms with Crippen molar-refractivity contribution in [2.24, 2.45) is 0 Å². The molecule has 1 N–H and O–H groups in total. The van der Waals surface area contributed by atoms with Gasteiger partial charge in [-0.2, -0.15) is 9.61 Å². The summed E-state index contributed by atoms with van der Waals surface area (Å²) in [5, 5.41) is 8.96. The van der Waals surface area contributed by atoms with E-state index in [1.165, 1.54) is 19.3 Å². The summed E-state index contributed by atoms with van der Waals surface area (Å²) in [6.07, 6.45) is 4.91. The highest BCUT2D eigenvalue weighted by Crippen LogP contribution is 2.26. The Kier molecular flexibility index (Phi) is 6.51. The number of morpholine rings is 1. The van der Waals surface area contributed by atoms with Gasteiger partial charge in [-0.1, -0.05) is 38.3 Å².